The highest BCUT2D eigenvalue weighted by molar-refractivity contribution is 5.96. The van der Waals surface area contributed by atoms with Crippen LogP contribution in [0, 0.1) is 16.7 Å². The lowest BCUT2D eigenvalue weighted by Gasteiger charge is -2.53. The summed E-state index contributed by atoms with van der Waals surface area (Å²) in [7, 11) is 3.27. The predicted octanol–water partition coefficient (Wildman–Crippen LogP) is 4.18. The van der Waals surface area contributed by atoms with E-state index in [-0.39, 0.29) is 23.2 Å². The van der Waals surface area contributed by atoms with Crippen molar-refractivity contribution in [1.82, 2.24) is 0 Å². The first-order valence-corrected chi connectivity index (χ1v) is 9.08. The van der Waals surface area contributed by atoms with Gasteiger partial charge in [-0.05, 0) is 39.5 Å². The van der Waals surface area contributed by atoms with E-state index >= 15 is 0 Å². The summed E-state index contributed by atoms with van der Waals surface area (Å²) in [5.74, 6) is -0.541. The zero-order chi connectivity index (χ0) is 18.5. The van der Waals surface area contributed by atoms with Crippen LogP contribution < -0.4 is 0 Å². The van der Waals surface area contributed by atoms with Gasteiger partial charge in [-0.3, -0.25) is 4.79 Å². The van der Waals surface area contributed by atoms with Crippen LogP contribution in [0.15, 0.2) is 36.1 Å². The third kappa shape index (κ3) is 2.23. The van der Waals surface area contributed by atoms with Crippen LogP contribution in [0.4, 0.5) is 0 Å². The topological polar surface area (TPSA) is 44.8 Å². The average Bonchev–Trinajstić information content (AvgIpc) is 3.02. The molecule has 1 unspecified atom stereocenters. The summed E-state index contributed by atoms with van der Waals surface area (Å²) >= 11 is 0. The number of ketones is 1. The van der Waals surface area contributed by atoms with Crippen molar-refractivity contribution in [3.8, 4) is 0 Å². The van der Waals surface area contributed by atoms with Gasteiger partial charge >= 0.3 is 0 Å². The van der Waals surface area contributed by atoms with Crippen molar-refractivity contribution in [2.75, 3.05) is 14.2 Å². The maximum atomic E-state index is 13.1. The SMILES string of the molecule is C=CC[C@]12CC3O[C@@]1(OC)[C@H](C(=O)C=C2OC)[C@]3(C)CCC=C(C)C. The van der Waals surface area contributed by atoms with Crippen LogP contribution in [0.3, 0.4) is 0 Å². The molecule has 138 valence electrons. The van der Waals surface area contributed by atoms with Gasteiger partial charge in [-0.15, -0.1) is 6.58 Å². The van der Waals surface area contributed by atoms with Gasteiger partial charge in [0.15, 0.2) is 11.6 Å². The monoisotopic (exact) mass is 346 g/mol. The minimum absolute atomic E-state index is 0.0224. The van der Waals surface area contributed by atoms with Gasteiger partial charge in [0, 0.05) is 18.6 Å². The van der Waals surface area contributed by atoms with Crippen molar-refractivity contribution in [3.63, 3.8) is 0 Å². The van der Waals surface area contributed by atoms with Gasteiger partial charge in [0.25, 0.3) is 0 Å². The Morgan fingerprint density at radius 1 is 1.44 bits per heavy atom. The third-order valence-corrected chi connectivity index (χ3v) is 6.57. The summed E-state index contributed by atoms with van der Waals surface area (Å²) in [5.41, 5.74) is 0.600. The largest absolute Gasteiger partial charge is 0.500 e. The molecule has 0 radical (unpaired) electrons. The number of fused-ring (bicyclic) bond motifs is 1. The molecule has 2 saturated heterocycles. The molecule has 0 saturated carbocycles. The molecule has 2 bridgehead atoms. The molecule has 0 aromatic rings. The van der Waals surface area contributed by atoms with E-state index in [2.05, 4.69) is 33.4 Å². The van der Waals surface area contributed by atoms with E-state index in [1.807, 2.05) is 6.08 Å². The lowest BCUT2D eigenvalue weighted by Crippen LogP contribution is -2.62. The van der Waals surface area contributed by atoms with E-state index in [1.165, 1.54) is 5.57 Å². The third-order valence-electron chi connectivity index (χ3n) is 6.57. The van der Waals surface area contributed by atoms with Crippen LogP contribution in [-0.4, -0.2) is 31.9 Å². The number of hydrogen-bond donors (Lipinski definition) is 0. The van der Waals surface area contributed by atoms with Crippen molar-refractivity contribution < 1.29 is 19.0 Å². The van der Waals surface area contributed by atoms with Gasteiger partial charge in [0.2, 0.25) is 0 Å². The first-order valence-electron chi connectivity index (χ1n) is 9.08. The second-order valence-electron chi connectivity index (χ2n) is 8.13. The average molecular weight is 346 g/mol. The van der Waals surface area contributed by atoms with Gasteiger partial charge in [0.05, 0.1) is 24.5 Å². The summed E-state index contributed by atoms with van der Waals surface area (Å²) < 4.78 is 18.1. The molecule has 4 nitrogen and oxygen atoms in total. The molecular formula is C21H30O4. The van der Waals surface area contributed by atoms with Crippen LogP contribution in [0.1, 0.15) is 46.5 Å². The summed E-state index contributed by atoms with van der Waals surface area (Å²) in [6, 6.07) is 0. The molecule has 2 fully saturated rings. The van der Waals surface area contributed by atoms with E-state index in [0.29, 0.717) is 12.2 Å². The number of ether oxygens (including phenoxy) is 3. The molecule has 4 heteroatoms. The van der Waals surface area contributed by atoms with Crippen LogP contribution in [0.5, 0.6) is 0 Å². The van der Waals surface area contributed by atoms with E-state index < -0.39 is 11.2 Å². The zero-order valence-electron chi connectivity index (χ0n) is 16.1. The quantitative estimate of drug-likeness (QED) is 0.649. The first kappa shape index (κ1) is 18.4. The number of rotatable bonds is 7. The molecule has 2 aliphatic heterocycles. The van der Waals surface area contributed by atoms with E-state index in [1.54, 1.807) is 20.3 Å². The number of hydrogen-bond acceptors (Lipinski definition) is 4. The molecule has 0 N–H and O–H groups in total. The van der Waals surface area contributed by atoms with Crippen molar-refractivity contribution in [3.05, 3.63) is 36.1 Å². The summed E-state index contributed by atoms with van der Waals surface area (Å²) in [5, 5.41) is 0. The fraction of sp³-hybridized carbons (Fsp3) is 0.667. The second-order valence-corrected chi connectivity index (χ2v) is 8.13. The highest BCUT2D eigenvalue weighted by Gasteiger charge is 2.79. The maximum absolute atomic E-state index is 13.1. The van der Waals surface area contributed by atoms with Gasteiger partial charge in [-0.2, -0.15) is 0 Å². The number of allylic oxidation sites excluding steroid dienone is 4. The highest BCUT2D eigenvalue weighted by Crippen LogP contribution is 2.72. The number of carbonyl (C=O) groups is 1. The van der Waals surface area contributed by atoms with Gasteiger partial charge in [-0.25, -0.2) is 0 Å². The summed E-state index contributed by atoms with van der Waals surface area (Å²) in [6.07, 6.45) is 9.08. The Labute approximate surface area is 150 Å². The minimum Gasteiger partial charge on any atom is -0.500 e. The van der Waals surface area contributed by atoms with Gasteiger partial charge in [-0.1, -0.05) is 24.6 Å². The zero-order valence-corrected chi connectivity index (χ0v) is 16.1. The van der Waals surface area contributed by atoms with Crippen molar-refractivity contribution in [1.29, 1.82) is 0 Å². The highest BCUT2D eigenvalue weighted by atomic mass is 16.7. The molecule has 0 amide bonds. The fourth-order valence-electron chi connectivity index (χ4n) is 5.46. The van der Waals surface area contributed by atoms with E-state index in [0.717, 1.165) is 19.3 Å². The molecule has 3 aliphatic rings. The number of carbonyl (C=O) groups excluding carboxylic acids is 1. The van der Waals surface area contributed by atoms with Crippen molar-refractivity contribution in [2.24, 2.45) is 16.7 Å². The first-order chi connectivity index (χ1) is 11.8. The van der Waals surface area contributed by atoms with Crippen LogP contribution in [0.2, 0.25) is 0 Å². The Hall–Kier alpha value is -1.39. The molecule has 0 aromatic heterocycles. The van der Waals surface area contributed by atoms with E-state index in [9.17, 15) is 4.79 Å². The molecule has 25 heavy (non-hydrogen) atoms. The standard InChI is InChI=1S/C21H30O4/c1-7-10-20-13-17-19(4,11-8-9-14(2)3)18(21(20,24-6)25-17)15(22)12-16(20)23-5/h7,9,12,17-18H,1,8,10-11,13H2,2-6H3/t17?,18-,19-,20-,21+/m1/s1. The lowest BCUT2D eigenvalue weighted by molar-refractivity contribution is -0.255. The molecule has 0 aromatic carbocycles. The Morgan fingerprint density at radius 2 is 2.16 bits per heavy atom. The van der Waals surface area contributed by atoms with E-state index in [4.69, 9.17) is 14.2 Å². The molecular weight excluding hydrogens is 316 g/mol. The fourth-order valence-corrected chi connectivity index (χ4v) is 5.46. The van der Waals surface area contributed by atoms with Crippen molar-refractivity contribution >= 4 is 5.78 Å². The molecule has 3 rings (SSSR count). The van der Waals surface area contributed by atoms with Gasteiger partial charge in [0.1, 0.15) is 5.76 Å². The Bertz CT molecular complexity index is 644. The second kappa shape index (κ2) is 6.10. The molecule has 0 spiro atoms. The normalized spacial score (nSPS) is 41.5. The summed E-state index contributed by atoms with van der Waals surface area (Å²) in [6.45, 7) is 10.3. The predicted molar refractivity (Wildman–Crippen MR) is 96.8 cm³/mol. The Balaban J connectivity index is 2.08. The summed E-state index contributed by atoms with van der Waals surface area (Å²) in [4.78, 5) is 13.1. The molecule has 5 atom stereocenters. The molecule has 1 aliphatic carbocycles. The van der Waals surface area contributed by atoms with Gasteiger partial charge < -0.3 is 14.2 Å². The molecule has 2 heterocycles. The van der Waals surface area contributed by atoms with Crippen molar-refractivity contribution in [2.45, 2.75) is 58.3 Å². The van der Waals surface area contributed by atoms with Crippen LogP contribution in [-0.2, 0) is 19.0 Å². The smallest absolute Gasteiger partial charge is 0.192 e. The Kier molecular flexibility index (Phi) is 4.49. The van der Waals surface area contributed by atoms with Crippen LogP contribution >= 0.6 is 0 Å². The minimum atomic E-state index is -0.956. The Morgan fingerprint density at radius 3 is 2.72 bits per heavy atom. The lowest BCUT2D eigenvalue weighted by atomic mass is 9.50. The van der Waals surface area contributed by atoms with Crippen LogP contribution in [0.25, 0.3) is 0 Å². The maximum Gasteiger partial charge on any atom is 0.192 e. The number of methoxy groups -OCH3 is 2.